The molecule has 2 heterocycles. The van der Waals surface area contributed by atoms with Gasteiger partial charge >= 0.3 is 5.69 Å². The smallest absolute Gasteiger partial charge is 0.329 e. The third-order valence-electron chi connectivity index (χ3n) is 5.88. The third-order valence-corrected chi connectivity index (χ3v) is 7.94. The molecule has 0 bridgehead atoms. The van der Waals surface area contributed by atoms with E-state index in [0.29, 0.717) is 29.1 Å². The van der Waals surface area contributed by atoms with Gasteiger partial charge in [-0.05, 0) is 37.6 Å². The molecular weight excluding hydrogens is 416 g/mol. The normalized spacial score (nSPS) is 15.5. The molecule has 1 aliphatic rings. The summed E-state index contributed by atoms with van der Waals surface area (Å²) in [5.41, 5.74) is 2.96. The minimum absolute atomic E-state index is 0.0655. The molecule has 8 nitrogen and oxygen atoms in total. The molecule has 0 radical (unpaired) electrons. The van der Waals surface area contributed by atoms with Crippen molar-refractivity contribution in [3.63, 3.8) is 0 Å². The van der Waals surface area contributed by atoms with Crippen molar-refractivity contribution in [2.24, 2.45) is 7.05 Å². The molecule has 0 unspecified atom stereocenters. The Morgan fingerprint density at radius 3 is 2.26 bits per heavy atom. The molecule has 0 saturated carbocycles. The summed E-state index contributed by atoms with van der Waals surface area (Å²) in [6.45, 7) is 4.70. The number of nitrogens with zero attached hydrogens (tertiary/aromatic N) is 4. The number of aryl methyl sites for hydroxylation is 3. The molecule has 4 rings (SSSR count). The lowest BCUT2D eigenvalue weighted by Gasteiger charge is -2.34. The minimum Gasteiger partial charge on any atom is -0.338 e. The molecule has 1 aromatic heterocycles. The number of carbonyl (C=O) groups is 1. The Hall–Kier alpha value is -2.91. The molecule has 0 aliphatic carbocycles. The van der Waals surface area contributed by atoms with Gasteiger partial charge < -0.3 is 4.90 Å². The SMILES string of the molecule is Cc1ccc(S(=O)(=O)N2CCN(C(=O)Cn3c(=O)n(C)c4ccccc43)CC2)c(C)c1. The highest BCUT2D eigenvalue weighted by atomic mass is 32.2. The van der Waals surface area contributed by atoms with Crippen LogP contribution in [0.1, 0.15) is 11.1 Å². The number of piperazine rings is 1. The third kappa shape index (κ3) is 3.79. The molecule has 0 spiro atoms. The van der Waals surface area contributed by atoms with E-state index in [9.17, 15) is 18.0 Å². The summed E-state index contributed by atoms with van der Waals surface area (Å²) in [5, 5.41) is 0. The number of hydrogen-bond acceptors (Lipinski definition) is 4. The van der Waals surface area contributed by atoms with E-state index in [1.165, 1.54) is 13.4 Å². The van der Waals surface area contributed by atoms with Crippen molar-refractivity contribution in [1.29, 1.82) is 0 Å². The topological polar surface area (TPSA) is 84.6 Å². The van der Waals surface area contributed by atoms with E-state index in [4.69, 9.17) is 0 Å². The number of para-hydroxylation sites is 2. The summed E-state index contributed by atoms with van der Waals surface area (Å²) in [6, 6.07) is 12.6. The highest BCUT2D eigenvalue weighted by molar-refractivity contribution is 7.89. The summed E-state index contributed by atoms with van der Waals surface area (Å²) < 4.78 is 30.5. The van der Waals surface area contributed by atoms with Crippen LogP contribution in [-0.4, -0.2) is 58.8 Å². The van der Waals surface area contributed by atoms with Crippen molar-refractivity contribution in [2.45, 2.75) is 25.3 Å². The highest BCUT2D eigenvalue weighted by Crippen LogP contribution is 2.22. The van der Waals surface area contributed by atoms with E-state index in [1.807, 2.05) is 37.3 Å². The Balaban J connectivity index is 1.48. The number of benzene rings is 2. The summed E-state index contributed by atoms with van der Waals surface area (Å²) >= 11 is 0. The van der Waals surface area contributed by atoms with Gasteiger partial charge in [0.25, 0.3) is 0 Å². The maximum atomic E-state index is 13.1. The number of rotatable bonds is 4. The Morgan fingerprint density at radius 1 is 0.968 bits per heavy atom. The van der Waals surface area contributed by atoms with Crippen LogP contribution in [0.3, 0.4) is 0 Å². The second kappa shape index (κ2) is 7.97. The van der Waals surface area contributed by atoms with Crippen LogP contribution in [0.15, 0.2) is 52.2 Å². The first-order valence-corrected chi connectivity index (χ1v) is 11.6. The van der Waals surface area contributed by atoms with Crippen LogP contribution >= 0.6 is 0 Å². The van der Waals surface area contributed by atoms with Crippen molar-refractivity contribution >= 4 is 27.0 Å². The van der Waals surface area contributed by atoms with E-state index in [2.05, 4.69) is 0 Å². The average molecular weight is 443 g/mol. The van der Waals surface area contributed by atoms with Crippen LogP contribution in [0.5, 0.6) is 0 Å². The van der Waals surface area contributed by atoms with Gasteiger partial charge in [-0.3, -0.25) is 13.9 Å². The molecule has 1 fully saturated rings. The lowest BCUT2D eigenvalue weighted by Crippen LogP contribution is -2.51. The van der Waals surface area contributed by atoms with Crippen molar-refractivity contribution in [3.05, 3.63) is 64.1 Å². The van der Waals surface area contributed by atoms with E-state index in [1.54, 1.807) is 31.0 Å². The predicted octanol–water partition coefficient (Wildman–Crippen LogP) is 1.49. The molecule has 1 saturated heterocycles. The number of fused-ring (bicyclic) bond motifs is 1. The van der Waals surface area contributed by atoms with E-state index >= 15 is 0 Å². The first-order chi connectivity index (χ1) is 14.7. The van der Waals surface area contributed by atoms with Gasteiger partial charge in [-0.1, -0.05) is 29.8 Å². The lowest BCUT2D eigenvalue weighted by atomic mass is 10.2. The predicted molar refractivity (Wildman–Crippen MR) is 118 cm³/mol. The van der Waals surface area contributed by atoms with Crippen molar-refractivity contribution in [1.82, 2.24) is 18.3 Å². The fourth-order valence-electron chi connectivity index (χ4n) is 4.16. The highest BCUT2D eigenvalue weighted by Gasteiger charge is 2.31. The molecule has 3 aromatic rings. The number of amides is 1. The van der Waals surface area contributed by atoms with Gasteiger partial charge in [-0.25, -0.2) is 13.2 Å². The van der Waals surface area contributed by atoms with Crippen LogP contribution in [-0.2, 0) is 28.4 Å². The van der Waals surface area contributed by atoms with Crippen molar-refractivity contribution in [3.8, 4) is 0 Å². The second-order valence-corrected chi connectivity index (χ2v) is 9.88. The monoisotopic (exact) mass is 442 g/mol. The maximum absolute atomic E-state index is 13.1. The lowest BCUT2D eigenvalue weighted by molar-refractivity contribution is -0.133. The van der Waals surface area contributed by atoms with E-state index in [0.717, 1.165) is 11.1 Å². The zero-order valence-corrected chi connectivity index (χ0v) is 18.7. The molecule has 2 aromatic carbocycles. The van der Waals surface area contributed by atoms with Crippen LogP contribution in [0, 0.1) is 13.8 Å². The molecule has 0 N–H and O–H groups in total. The van der Waals surface area contributed by atoms with Gasteiger partial charge in [-0.2, -0.15) is 4.31 Å². The standard InChI is InChI=1S/C22H26N4O4S/c1-16-8-9-20(17(2)14-16)31(29,30)25-12-10-24(11-13-25)21(27)15-26-19-7-5-4-6-18(19)23(3)22(26)28/h4-9,14H,10-13,15H2,1-3H3. The number of imidazole rings is 1. The molecule has 9 heteroatoms. The first-order valence-electron chi connectivity index (χ1n) is 10.2. The molecular formula is C22H26N4O4S. The largest absolute Gasteiger partial charge is 0.338 e. The fraction of sp³-hybridized carbons (Fsp3) is 0.364. The van der Waals surface area contributed by atoms with Crippen molar-refractivity contribution in [2.75, 3.05) is 26.2 Å². The summed E-state index contributed by atoms with van der Waals surface area (Å²) in [4.78, 5) is 27.4. The first kappa shape index (κ1) is 21.3. The summed E-state index contributed by atoms with van der Waals surface area (Å²) in [7, 11) is -1.93. The van der Waals surface area contributed by atoms with Crippen LogP contribution in [0.4, 0.5) is 0 Å². The Bertz CT molecular complexity index is 1320. The zero-order valence-electron chi connectivity index (χ0n) is 17.9. The van der Waals surface area contributed by atoms with Crippen molar-refractivity contribution < 1.29 is 13.2 Å². The molecule has 164 valence electrons. The second-order valence-electron chi connectivity index (χ2n) is 7.97. The zero-order chi connectivity index (χ0) is 22.3. The van der Waals surface area contributed by atoms with E-state index in [-0.39, 0.29) is 31.2 Å². The van der Waals surface area contributed by atoms with Crippen LogP contribution in [0.2, 0.25) is 0 Å². The van der Waals surface area contributed by atoms with Gasteiger partial charge in [0, 0.05) is 33.2 Å². The molecule has 31 heavy (non-hydrogen) atoms. The summed E-state index contributed by atoms with van der Waals surface area (Å²) in [5.74, 6) is -0.193. The Morgan fingerprint density at radius 2 is 1.61 bits per heavy atom. The Labute approximate surface area is 181 Å². The quantitative estimate of drug-likeness (QED) is 0.613. The minimum atomic E-state index is -3.61. The van der Waals surface area contributed by atoms with E-state index < -0.39 is 10.0 Å². The van der Waals surface area contributed by atoms with Crippen LogP contribution in [0.25, 0.3) is 11.0 Å². The molecule has 1 amide bonds. The number of aromatic nitrogens is 2. The number of sulfonamides is 1. The van der Waals surface area contributed by atoms with Gasteiger partial charge in [0.1, 0.15) is 6.54 Å². The van der Waals surface area contributed by atoms with Gasteiger partial charge in [0.05, 0.1) is 15.9 Å². The number of hydrogen-bond donors (Lipinski definition) is 0. The summed E-state index contributed by atoms with van der Waals surface area (Å²) in [6.07, 6.45) is 0. The van der Waals surface area contributed by atoms with Crippen LogP contribution < -0.4 is 5.69 Å². The van der Waals surface area contributed by atoms with Gasteiger partial charge in [0.2, 0.25) is 15.9 Å². The molecule has 1 aliphatic heterocycles. The molecule has 0 atom stereocenters. The Kier molecular flexibility index (Phi) is 5.49. The number of carbonyl (C=O) groups excluding carboxylic acids is 1. The fourth-order valence-corrected chi connectivity index (χ4v) is 5.78. The maximum Gasteiger partial charge on any atom is 0.329 e. The van der Waals surface area contributed by atoms with Gasteiger partial charge in [0.15, 0.2) is 0 Å². The average Bonchev–Trinajstić information content (AvgIpc) is 2.98. The van der Waals surface area contributed by atoms with Gasteiger partial charge in [-0.15, -0.1) is 0 Å².